The number of para-hydroxylation sites is 1. The van der Waals surface area contributed by atoms with Crippen molar-refractivity contribution < 1.29 is 8.42 Å². The standard InChI is InChI=1S/C16H19N3O2S.ClH/c1-22(20,21)19-15-7-5-14(6-8-15)18-11-13-4-2-3-12-9-10-17-16(12)13;/h2-8,17-19H,9-11H2,1H3;1H. The molecule has 5 nitrogen and oxygen atoms in total. The lowest BCUT2D eigenvalue weighted by Gasteiger charge is -2.12. The SMILES string of the molecule is CS(=O)(=O)Nc1ccc(NCc2cccc3c2NCC3)cc1.Cl. The molecule has 0 aromatic heterocycles. The first-order valence-corrected chi connectivity index (χ1v) is 9.07. The molecule has 2 aromatic carbocycles. The van der Waals surface area contributed by atoms with Gasteiger partial charge in [-0.2, -0.15) is 0 Å². The summed E-state index contributed by atoms with van der Waals surface area (Å²) in [5.74, 6) is 0. The Balaban J connectivity index is 0.00000192. The molecule has 23 heavy (non-hydrogen) atoms. The molecule has 3 rings (SSSR count). The average molecular weight is 354 g/mol. The van der Waals surface area contributed by atoms with Gasteiger partial charge >= 0.3 is 0 Å². The molecule has 1 aliphatic heterocycles. The van der Waals surface area contributed by atoms with Crippen LogP contribution in [0.2, 0.25) is 0 Å². The second kappa shape index (κ2) is 7.10. The van der Waals surface area contributed by atoms with Crippen LogP contribution in [0, 0.1) is 0 Å². The number of anilines is 3. The molecule has 124 valence electrons. The van der Waals surface area contributed by atoms with E-state index in [4.69, 9.17) is 0 Å². The van der Waals surface area contributed by atoms with E-state index in [1.54, 1.807) is 12.1 Å². The highest BCUT2D eigenvalue weighted by Crippen LogP contribution is 2.27. The first kappa shape index (κ1) is 17.4. The van der Waals surface area contributed by atoms with Crippen LogP contribution in [0.15, 0.2) is 42.5 Å². The van der Waals surface area contributed by atoms with Crippen LogP contribution >= 0.6 is 12.4 Å². The summed E-state index contributed by atoms with van der Waals surface area (Å²) in [4.78, 5) is 0. The molecule has 0 saturated carbocycles. The van der Waals surface area contributed by atoms with Crippen molar-refractivity contribution in [2.75, 3.05) is 28.2 Å². The third kappa shape index (κ3) is 4.53. The highest BCUT2D eigenvalue weighted by molar-refractivity contribution is 7.92. The summed E-state index contributed by atoms with van der Waals surface area (Å²) >= 11 is 0. The fourth-order valence-corrected chi connectivity index (χ4v) is 3.19. The maximum atomic E-state index is 11.2. The van der Waals surface area contributed by atoms with Gasteiger partial charge in [0.15, 0.2) is 0 Å². The lowest BCUT2D eigenvalue weighted by atomic mass is 10.1. The molecule has 0 radical (unpaired) electrons. The molecule has 0 saturated heterocycles. The summed E-state index contributed by atoms with van der Waals surface area (Å²) in [6.45, 7) is 1.73. The Kier molecular flexibility index (Phi) is 5.38. The quantitative estimate of drug-likeness (QED) is 0.772. The number of sulfonamides is 1. The highest BCUT2D eigenvalue weighted by Gasteiger charge is 2.13. The van der Waals surface area contributed by atoms with Crippen molar-refractivity contribution in [1.29, 1.82) is 0 Å². The lowest BCUT2D eigenvalue weighted by molar-refractivity contribution is 0.607. The molecule has 3 N–H and O–H groups in total. The second-order valence-corrected chi connectivity index (χ2v) is 7.18. The van der Waals surface area contributed by atoms with Crippen molar-refractivity contribution in [3.63, 3.8) is 0 Å². The summed E-state index contributed by atoms with van der Waals surface area (Å²) in [7, 11) is -3.23. The number of halogens is 1. The Morgan fingerprint density at radius 1 is 1.09 bits per heavy atom. The third-order valence-electron chi connectivity index (χ3n) is 3.60. The van der Waals surface area contributed by atoms with Crippen molar-refractivity contribution in [3.05, 3.63) is 53.6 Å². The third-order valence-corrected chi connectivity index (χ3v) is 4.21. The monoisotopic (exact) mass is 353 g/mol. The Bertz CT molecular complexity index is 776. The van der Waals surface area contributed by atoms with Gasteiger partial charge in [-0.25, -0.2) is 8.42 Å². The maximum Gasteiger partial charge on any atom is 0.229 e. The van der Waals surface area contributed by atoms with Crippen molar-refractivity contribution in [1.82, 2.24) is 0 Å². The van der Waals surface area contributed by atoms with E-state index in [1.807, 2.05) is 12.1 Å². The summed E-state index contributed by atoms with van der Waals surface area (Å²) in [6.07, 6.45) is 2.22. The fourth-order valence-electron chi connectivity index (χ4n) is 2.63. The van der Waals surface area contributed by atoms with E-state index >= 15 is 0 Å². The zero-order chi connectivity index (χ0) is 15.6. The molecule has 0 spiro atoms. The van der Waals surface area contributed by atoms with E-state index in [1.165, 1.54) is 16.8 Å². The summed E-state index contributed by atoms with van der Waals surface area (Å²) in [6, 6.07) is 13.6. The molecule has 7 heteroatoms. The lowest BCUT2D eigenvalue weighted by Crippen LogP contribution is -2.09. The number of hydrogen-bond acceptors (Lipinski definition) is 4. The van der Waals surface area contributed by atoms with Crippen LogP contribution in [0.3, 0.4) is 0 Å². The van der Waals surface area contributed by atoms with Crippen LogP contribution in [0.5, 0.6) is 0 Å². The molecule has 0 aliphatic carbocycles. The fraction of sp³-hybridized carbons (Fsp3) is 0.250. The molecular formula is C16H20ClN3O2S. The van der Waals surface area contributed by atoms with Gasteiger partial charge in [0.2, 0.25) is 10.0 Å². The van der Waals surface area contributed by atoms with E-state index in [0.29, 0.717) is 5.69 Å². The Hall–Kier alpha value is -1.92. The van der Waals surface area contributed by atoms with Crippen LogP contribution in [0.4, 0.5) is 17.1 Å². The Morgan fingerprint density at radius 2 is 1.78 bits per heavy atom. The molecule has 0 atom stereocenters. The van der Waals surface area contributed by atoms with E-state index in [9.17, 15) is 8.42 Å². The van der Waals surface area contributed by atoms with Gasteiger partial charge in [-0.05, 0) is 41.8 Å². The van der Waals surface area contributed by atoms with Gasteiger partial charge in [0, 0.05) is 30.2 Å². The average Bonchev–Trinajstić information content (AvgIpc) is 2.94. The van der Waals surface area contributed by atoms with Crippen LogP contribution in [-0.4, -0.2) is 21.2 Å². The normalized spacial score (nSPS) is 12.7. The molecule has 0 fully saturated rings. The minimum absolute atomic E-state index is 0. The number of rotatable bonds is 5. The molecule has 1 heterocycles. The van der Waals surface area contributed by atoms with Crippen LogP contribution in [0.1, 0.15) is 11.1 Å². The zero-order valence-electron chi connectivity index (χ0n) is 12.8. The van der Waals surface area contributed by atoms with Crippen LogP contribution in [0.25, 0.3) is 0 Å². The van der Waals surface area contributed by atoms with E-state index < -0.39 is 10.0 Å². The van der Waals surface area contributed by atoms with Crippen LogP contribution < -0.4 is 15.4 Å². The second-order valence-electron chi connectivity index (χ2n) is 5.43. The van der Waals surface area contributed by atoms with Gasteiger partial charge in [0.05, 0.1) is 6.26 Å². The summed E-state index contributed by atoms with van der Waals surface area (Å²) < 4.78 is 24.8. The van der Waals surface area contributed by atoms with Gasteiger partial charge in [0.25, 0.3) is 0 Å². The molecule has 0 bridgehead atoms. The Labute approximate surface area is 143 Å². The van der Waals surface area contributed by atoms with Crippen molar-refractivity contribution in [2.45, 2.75) is 13.0 Å². The first-order chi connectivity index (χ1) is 10.5. The number of hydrogen-bond donors (Lipinski definition) is 3. The smallest absolute Gasteiger partial charge is 0.229 e. The van der Waals surface area contributed by atoms with Crippen molar-refractivity contribution in [3.8, 4) is 0 Å². The van der Waals surface area contributed by atoms with Gasteiger partial charge in [-0.3, -0.25) is 4.72 Å². The van der Waals surface area contributed by atoms with Crippen molar-refractivity contribution >= 4 is 39.5 Å². The van der Waals surface area contributed by atoms with Gasteiger partial charge in [-0.15, -0.1) is 12.4 Å². The number of nitrogens with one attached hydrogen (secondary N) is 3. The predicted molar refractivity (Wildman–Crippen MR) is 98.1 cm³/mol. The number of benzene rings is 2. The Morgan fingerprint density at radius 3 is 2.48 bits per heavy atom. The maximum absolute atomic E-state index is 11.2. The van der Waals surface area contributed by atoms with Gasteiger partial charge < -0.3 is 10.6 Å². The number of fused-ring (bicyclic) bond motifs is 1. The summed E-state index contributed by atoms with van der Waals surface area (Å²) in [5, 5.41) is 6.79. The topological polar surface area (TPSA) is 70.2 Å². The van der Waals surface area contributed by atoms with E-state index in [-0.39, 0.29) is 12.4 Å². The first-order valence-electron chi connectivity index (χ1n) is 7.18. The van der Waals surface area contributed by atoms with E-state index in [0.717, 1.165) is 31.5 Å². The van der Waals surface area contributed by atoms with Crippen molar-refractivity contribution in [2.24, 2.45) is 0 Å². The van der Waals surface area contributed by atoms with Gasteiger partial charge in [-0.1, -0.05) is 18.2 Å². The highest BCUT2D eigenvalue weighted by atomic mass is 35.5. The zero-order valence-corrected chi connectivity index (χ0v) is 14.4. The predicted octanol–water partition coefficient (Wildman–Crippen LogP) is 3.06. The molecular weight excluding hydrogens is 334 g/mol. The molecule has 1 aliphatic rings. The van der Waals surface area contributed by atoms with E-state index in [2.05, 4.69) is 33.6 Å². The molecule has 2 aromatic rings. The van der Waals surface area contributed by atoms with Crippen LogP contribution in [-0.2, 0) is 23.0 Å². The minimum Gasteiger partial charge on any atom is -0.384 e. The summed E-state index contributed by atoms with van der Waals surface area (Å²) in [5.41, 5.74) is 5.37. The molecule has 0 unspecified atom stereocenters. The molecule has 0 amide bonds. The largest absolute Gasteiger partial charge is 0.384 e. The van der Waals surface area contributed by atoms with Gasteiger partial charge in [0.1, 0.15) is 0 Å². The minimum atomic E-state index is -3.23.